The van der Waals surface area contributed by atoms with Crippen LogP contribution in [0.3, 0.4) is 0 Å². The molecule has 0 saturated heterocycles. The van der Waals surface area contributed by atoms with Crippen molar-refractivity contribution in [2.75, 3.05) is 10.5 Å². The van der Waals surface area contributed by atoms with Gasteiger partial charge in [0.25, 0.3) is 5.88 Å². The van der Waals surface area contributed by atoms with Crippen LogP contribution in [0.2, 0.25) is 0 Å². The van der Waals surface area contributed by atoms with Crippen molar-refractivity contribution in [1.29, 1.82) is 10.5 Å². The lowest BCUT2D eigenvalue weighted by Crippen LogP contribution is -2.26. The highest BCUT2D eigenvalue weighted by Gasteiger charge is 2.27. The van der Waals surface area contributed by atoms with Crippen LogP contribution in [-0.4, -0.2) is 28.7 Å². The maximum Gasteiger partial charge on any atom is 0.256 e. The summed E-state index contributed by atoms with van der Waals surface area (Å²) in [7, 11) is -3.41. The Bertz CT molecular complexity index is 1740. The molecule has 2 fully saturated rings. The fourth-order valence-corrected chi connectivity index (χ4v) is 6.56. The topological polar surface area (TPSA) is 134 Å². The summed E-state index contributed by atoms with van der Waals surface area (Å²) in [6.07, 6.45) is 8.19. The molecule has 0 radical (unpaired) electrons. The lowest BCUT2D eigenvalue weighted by atomic mass is 9.87. The summed E-state index contributed by atoms with van der Waals surface area (Å²) in [6.45, 7) is 0.751. The van der Waals surface area contributed by atoms with Crippen LogP contribution in [0, 0.1) is 34.5 Å². The molecule has 9 nitrogen and oxygen atoms in total. The predicted octanol–water partition coefficient (Wildman–Crippen LogP) is 5.59. The molecule has 0 spiro atoms. The number of sulfonamides is 1. The van der Waals surface area contributed by atoms with Crippen molar-refractivity contribution in [3.8, 4) is 35.0 Å². The van der Waals surface area contributed by atoms with Crippen molar-refractivity contribution in [1.82, 2.24) is 14.5 Å². The van der Waals surface area contributed by atoms with Gasteiger partial charge in [-0.15, -0.1) is 0 Å². The maximum absolute atomic E-state index is 12.6. The third kappa shape index (κ3) is 5.16. The van der Waals surface area contributed by atoms with Gasteiger partial charge in [0, 0.05) is 36.1 Å². The van der Waals surface area contributed by atoms with Gasteiger partial charge in [0.15, 0.2) is 0 Å². The Morgan fingerprint density at radius 1 is 0.974 bits per heavy atom. The van der Waals surface area contributed by atoms with E-state index in [0.29, 0.717) is 22.9 Å². The molecule has 2 aromatic heterocycles. The molecule has 0 aliphatic heterocycles. The monoisotopic (exact) mass is 538 g/mol. The first kappa shape index (κ1) is 24.9. The van der Waals surface area contributed by atoms with Gasteiger partial charge >= 0.3 is 0 Å². The molecule has 2 aliphatic rings. The van der Waals surface area contributed by atoms with Crippen LogP contribution in [0.25, 0.3) is 22.2 Å². The standard InChI is InChI=1S/C29H26N6O3S/c30-15-25-24-11-10-23(38-29-26(16-31)32-12-13-33-29)14-27(24)35(17-19-4-5-19)28(25)21-6-8-22(9-7-21)34-39(36,37)18-20-2-1-3-20/h6-14,19-20,34H,1-5,17-18H2. The zero-order valence-electron chi connectivity index (χ0n) is 21.2. The molecule has 1 N–H and O–H groups in total. The first-order valence-corrected chi connectivity index (χ1v) is 14.7. The van der Waals surface area contributed by atoms with E-state index in [2.05, 4.69) is 25.3 Å². The maximum atomic E-state index is 12.6. The molecule has 0 atom stereocenters. The second-order valence-electron chi connectivity index (χ2n) is 10.3. The number of hydrogen-bond donors (Lipinski definition) is 1. The summed E-state index contributed by atoms with van der Waals surface area (Å²) in [5.41, 5.74) is 3.61. The molecule has 4 aromatic rings. The highest BCUT2D eigenvalue weighted by Crippen LogP contribution is 2.40. The van der Waals surface area contributed by atoms with E-state index in [0.717, 1.165) is 60.8 Å². The van der Waals surface area contributed by atoms with Gasteiger partial charge in [0.1, 0.15) is 17.9 Å². The van der Waals surface area contributed by atoms with Gasteiger partial charge in [-0.3, -0.25) is 4.72 Å². The molecular weight excluding hydrogens is 512 g/mol. The van der Waals surface area contributed by atoms with Gasteiger partial charge in [0.2, 0.25) is 15.7 Å². The molecule has 2 aromatic carbocycles. The zero-order valence-corrected chi connectivity index (χ0v) is 22.0. The van der Waals surface area contributed by atoms with Gasteiger partial charge in [-0.25, -0.2) is 18.4 Å². The van der Waals surface area contributed by atoms with Gasteiger partial charge < -0.3 is 9.30 Å². The first-order valence-electron chi connectivity index (χ1n) is 13.0. The number of anilines is 1. The van der Waals surface area contributed by atoms with E-state index >= 15 is 0 Å². The van der Waals surface area contributed by atoms with Crippen LogP contribution in [0.1, 0.15) is 43.4 Å². The third-order valence-corrected chi connectivity index (χ3v) is 8.84. The average molecular weight is 539 g/mol. The molecule has 0 bridgehead atoms. The van der Waals surface area contributed by atoms with Crippen LogP contribution in [0.4, 0.5) is 5.69 Å². The summed E-state index contributed by atoms with van der Waals surface area (Å²) < 4.78 is 35.9. The molecule has 10 heteroatoms. The predicted molar refractivity (Wildman–Crippen MR) is 146 cm³/mol. The SMILES string of the molecule is N#Cc1nccnc1Oc1ccc2c(C#N)c(-c3ccc(NS(=O)(=O)CC4CCC4)cc3)n(CC3CC3)c2c1. The number of rotatable bonds is 9. The molecule has 2 saturated carbocycles. The number of fused-ring (bicyclic) bond motifs is 1. The van der Waals surface area contributed by atoms with Crippen molar-refractivity contribution in [3.63, 3.8) is 0 Å². The fraction of sp³-hybridized carbons (Fsp3) is 0.310. The van der Waals surface area contributed by atoms with Gasteiger partial charge in [-0.1, -0.05) is 18.6 Å². The Morgan fingerprint density at radius 2 is 1.74 bits per heavy atom. The number of nitrogens with zero attached hydrogens (tertiary/aromatic N) is 5. The second kappa shape index (κ2) is 10.0. The Hall–Kier alpha value is -4.41. The van der Waals surface area contributed by atoms with Crippen LogP contribution >= 0.6 is 0 Å². The number of hydrogen-bond acceptors (Lipinski definition) is 7. The number of nitriles is 2. The number of benzene rings is 2. The minimum absolute atomic E-state index is 0.0905. The Kier molecular flexibility index (Phi) is 6.41. The number of aromatic nitrogens is 3. The minimum atomic E-state index is -3.41. The van der Waals surface area contributed by atoms with E-state index in [1.54, 1.807) is 18.2 Å². The largest absolute Gasteiger partial charge is 0.436 e. The smallest absolute Gasteiger partial charge is 0.256 e. The van der Waals surface area contributed by atoms with Crippen molar-refractivity contribution in [2.45, 2.75) is 38.6 Å². The molecule has 6 rings (SSSR count). The highest BCUT2D eigenvalue weighted by molar-refractivity contribution is 7.92. The quantitative estimate of drug-likeness (QED) is 0.294. The van der Waals surface area contributed by atoms with E-state index < -0.39 is 10.0 Å². The summed E-state index contributed by atoms with van der Waals surface area (Å²) in [4.78, 5) is 8.14. The van der Waals surface area contributed by atoms with Crippen LogP contribution in [0.15, 0.2) is 54.9 Å². The number of nitrogens with one attached hydrogen (secondary N) is 1. The van der Waals surface area contributed by atoms with E-state index in [-0.39, 0.29) is 23.2 Å². The zero-order chi connectivity index (χ0) is 27.0. The van der Waals surface area contributed by atoms with E-state index in [4.69, 9.17) is 4.74 Å². The van der Waals surface area contributed by atoms with Crippen LogP contribution in [-0.2, 0) is 16.6 Å². The summed E-state index contributed by atoms with van der Waals surface area (Å²) in [6, 6.07) is 17.1. The summed E-state index contributed by atoms with van der Waals surface area (Å²) >= 11 is 0. The Morgan fingerprint density at radius 3 is 2.41 bits per heavy atom. The Labute approximate surface area is 226 Å². The van der Waals surface area contributed by atoms with E-state index in [9.17, 15) is 18.9 Å². The van der Waals surface area contributed by atoms with Crippen LogP contribution in [0.5, 0.6) is 11.6 Å². The van der Waals surface area contributed by atoms with Crippen molar-refractivity contribution < 1.29 is 13.2 Å². The van der Waals surface area contributed by atoms with Crippen molar-refractivity contribution >= 4 is 26.6 Å². The summed E-state index contributed by atoms with van der Waals surface area (Å²) in [5.74, 6) is 1.53. The van der Waals surface area contributed by atoms with E-state index in [1.807, 2.05) is 30.3 Å². The van der Waals surface area contributed by atoms with Crippen molar-refractivity contribution in [3.05, 3.63) is 66.1 Å². The van der Waals surface area contributed by atoms with Gasteiger partial charge in [-0.05, 0) is 67.3 Å². The molecular formula is C29H26N6O3S. The molecule has 2 heterocycles. The Balaban J connectivity index is 1.36. The molecule has 2 aliphatic carbocycles. The molecule has 196 valence electrons. The highest BCUT2D eigenvalue weighted by atomic mass is 32.2. The number of ether oxygens (including phenoxy) is 1. The lowest BCUT2D eigenvalue weighted by Gasteiger charge is -2.25. The normalized spacial score (nSPS) is 15.3. The van der Waals surface area contributed by atoms with Crippen LogP contribution < -0.4 is 9.46 Å². The average Bonchev–Trinajstić information content (AvgIpc) is 3.68. The lowest BCUT2D eigenvalue weighted by molar-refractivity contribution is 0.347. The minimum Gasteiger partial charge on any atom is -0.436 e. The molecule has 0 unspecified atom stereocenters. The van der Waals surface area contributed by atoms with Gasteiger partial charge in [-0.2, -0.15) is 10.5 Å². The van der Waals surface area contributed by atoms with Gasteiger partial charge in [0.05, 0.1) is 22.5 Å². The third-order valence-electron chi connectivity index (χ3n) is 7.38. The summed E-state index contributed by atoms with van der Waals surface area (Å²) in [5, 5.41) is 20.3. The molecule has 0 amide bonds. The van der Waals surface area contributed by atoms with Crippen molar-refractivity contribution in [2.24, 2.45) is 11.8 Å². The fourth-order valence-electron chi connectivity index (χ4n) is 5.03. The first-order chi connectivity index (χ1) is 18.9. The van der Waals surface area contributed by atoms with E-state index in [1.165, 1.54) is 12.4 Å². The second-order valence-corrected chi connectivity index (χ2v) is 12.0. The molecule has 39 heavy (non-hydrogen) atoms.